The summed E-state index contributed by atoms with van der Waals surface area (Å²) in [6, 6.07) is 14.3. The quantitative estimate of drug-likeness (QED) is 0.864. The van der Waals surface area contributed by atoms with E-state index in [0.717, 1.165) is 26.3 Å². The number of guanidine groups is 1. The van der Waals surface area contributed by atoms with E-state index in [0.29, 0.717) is 12.5 Å². The van der Waals surface area contributed by atoms with Gasteiger partial charge in [0.25, 0.3) is 0 Å². The second-order valence-electron chi connectivity index (χ2n) is 5.07. The third-order valence-corrected chi connectivity index (χ3v) is 4.55. The highest BCUT2D eigenvalue weighted by Gasteiger charge is 2.29. The Balaban J connectivity index is 2.00. The Morgan fingerprint density at radius 1 is 1.29 bits per heavy atom. The zero-order chi connectivity index (χ0) is 15.0. The molecule has 1 unspecified atom stereocenters. The van der Waals surface area contributed by atoms with Gasteiger partial charge in [0.15, 0.2) is 5.96 Å². The number of aryl methyl sites for hydroxylation is 1. The van der Waals surface area contributed by atoms with Crippen molar-refractivity contribution in [3.05, 3.63) is 63.1 Å². The molecule has 3 rings (SSSR count). The molecule has 0 spiro atoms. The molecule has 1 heterocycles. The van der Waals surface area contributed by atoms with E-state index in [4.69, 9.17) is 17.3 Å². The van der Waals surface area contributed by atoms with Gasteiger partial charge in [0.1, 0.15) is 0 Å². The SMILES string of the molecule is Cc1ccc(C2CN=C(N)N2c2cccc(Br)c2)cc1Cl. The van der Waals surface area contributed by atoms with E-state index in [2.05, 4.69) is 27.0 Å². The van der Waals surface area contributed by atoms with Crippen molar-refractivity contribution < 1.29 is 0 Å². The van der Waals surface area contributed by atoms with Gasteiger partial charge in [0.05, 0.1) is 12.6 Å². The molecule has 2 aromatic rings. The molecule has 0 fully saturated rings. The number of halogens is 2. The van der Waals surface area contributed by atoms with Gasteiger partial charge in [0.2, 0.25) is 0 Å². The molecular formula is C16H15BrClN3. The van der Waals surface area contributed by atoms with E-state index in [9.17, 15) is 0 Å². The summed E-state index contributed by atoms with van der Waals surface area (Å²) < 4.78 is 1.01. The molecule has 108 valence electrons. The van der Waals surface area contributed by atoms with Crippen LogP contribution in [0.15, 0.2) is 51.9 Å². The van der Waals surface area contributed by atoms with Crippen molar-refractivity contribution in [2.75, 3.05) is 11.4 Å². The summed E-state index contributed by atoms with van der Waals surface area (Å²) in [5, 5.41) is 0.771. The summed E-state index contributed by atoms with van der Waals surface area (Å²) in [5.41, 5.74) is 9.29. The van der Waals surface area contributed by atoms with Gasteiger partial charge in [-0.2, -0.15) is 0 Å². The molecule has 3 nitrogen and oxygen atoms in total. The predicted molar refractivity (Wildman–Crippen MR) is 92.0 cm³/mol. The molecule has 0 saturated heterocycles. The number of anilines is 1. The minimum absolute atomic E-state index is 0.0809. The zero-order valence-corrected chi connectivity index (χ0v) is 13.9. The Labute approximate surface area is 137 Å². The summed E-state index contributed by atoms with van der Waals surface area (Å²) in [4.78, 5) is 6.44. The molecule has 21 heavy (non-hydrogen) atoms. The van der Waals surface area contributed by atoms with Crippen LogP contribution in [-0.4, -0.2) is 12.5 Å². The van der Waals surface area contributed by atoms with Crippen molar-refractivity contribution in [2.45, 2.75) is 13.0 Å². The van der Waals surface area contributed by atoms with Crippen LogP contribution < -0.4 is 10.6 Å². The molecule has 0 saturated carbocycles. The van der Waals surface area contributed by atoms with Crippen LogP contribution in [0.25, 0.3) is 0 Å². The Hall–Kier alpha value is -1.52. The summed E-state index contributed by atoms with van der Waals surface area (Å²) >= 11 is 9.75. The maximum Gasteiger partial charge on any atom is 0.196 e. The maximum absolute atomic E-state index is 6.25. The van der Waals surface area contributed by atoms with Crippen LogP contribution in [0.1, 0.15) is 17.2 Å². The fourth-order valence-corrected chi connectivity index (χ4v) is 3.08. The van der Waals surface area contributed by atoms with E-state index in [1.165, 1.54) is 0 Å². The fourth-order valence-electron chi connectivity index (χ4n) is 2.51. The van der Waals surface area contributed by atoms with Crippen LogP contribution in [-0.2, 0) is 0 Å². The van der Waals surface area contributed by atoms with Crippen LogP contribution in [0.3, 0.4) is 0 Å². The first-order valence-electron chi connectivity index (χ1n) is 6.67. The lowest BCUT2D eigenvalue weighted by molar-refractivity contribution is 0.768. The van der Waals surface area contributed by atoms with E-state index in [-0.39, 0.29) is 6.04 Å². The number of hydrogen-bond acceptors (Lipinski definition) is 3. The van der Waals surface area contributed by atoms with E-state index < -0.39 is 0 Å². The largest absolute Gasteiger partial charge is 0.369 e. The molecule has 1 aliphatic rings. The van der Waals surface area contributed by atoms with Crippen LogP contribution in [0, 0.1) is 6.92 Å². The lowest BCUT2D eigenvalue weighted by atomic mass is 10.0. The summed E-state index contributed by atoms with van der Waals surface area (Å²) in [7, 11) is 0. The van der Waals surface area contributed by atoms with Crippen molar-refractivity contribution >= 4 is 39.2 Å². The minimum Gasteiger partial charge on any atom is -0.369 e. The molecule has 0 bridgehead atoms. The van der Waals surface area contributed by atoms with E-state index in [1.54, 1.807) is 0 Å². The van der Waals surface area contributed by atoms with Crippen LogP contribution in [0.2, 0.25) is 5.02 Å². The second kappa shape index (κ2) is 5.70. The predicted octanol–water partition coefficient (Wildman–Crippen LogP) is 4.29. The third-order valence-electron chi connectivity index (χ3n) is 3.65. The van der Waals surface area contributed by atoms with Crippen molar-refractivity contribution in [1.82, 2.24) is 0 Å². The van der Waals surface area contributed by atoms with E-state index >= 15 is 0 Å². The lowest BCUT2D eigenvalue weighted by Gasteiger charge is -2.27. The Morgan fingerprint density at radius 2 is 2.10 bits per heavy atom. The topological polar surface area (TPSA) is 41.6 Å². The molecule has 1 atom stereocenters. The standard InChI is InChI=1S/C16H15BrClN3/c1-10-5-6-11(7-14(10)18)15-9-20-16(19)21(15)13-4-2-3-12(17)8-13/h2-8,15H,9H2,1H3,(H2,19,20). The van der Waals surface area contributed by atoms with Gasteiger partial charge in [-0.25, -0.2) is 0 Å². The van der Waals surface area contributed by atoms with Crippen LogP contribution in [0.5, 0.6) is 0 Å². The Kier molecular flexibility index (Phi) is 3.91. The maximum atomic E-state index is 6.25. The number of rotatable bonds is 2. The van der Waals surface area contributed by atoms with Crippen molar-refractivity contribution in [2.24, 2.45) is 10.7 Å². The molecule has 2 aromatic carbocycles. The zero-order valence-electron chi connectivity index (χ0n) is 11.6. The van der Waals surface area contributed by atoms with Crippen LogP contribution in [0.4, 0.5) is 5.69 Å². The first-order chi connectivity index (χ1) is 10.1. The highest BCUT2D eigenvalue weighted by molar-refractivity contribution is 9.10. The Bertz CT molecular complexity index is 714. The highest BCUT2D eigenvalue weighted by Crippen LogP contribution is 2.33. The number of aliphatic imine (C=N–C) groups is 1. The van der Waals surface area contributed by atoms with Crippen molar-refractivity contribution in [3.8, 4) is 0 Å². The lowest BCUT2D eigenvalue weighted by Crippen LogP contribution is -2.36. The number of hydrogen-bond donors (Lipinski definition) is 1. The average molecular weight is 365 g/mol. The van der Waals surface area contributed by atoms with Gasteiger partial charge in [-0.3, -0.25) is 4.99 Å². The van der Waals surface area contributed by atoms with Gasteiger partial charge >= 0.3 is 0 Å². The number of nitrogens with zero attached hydrogens (tertiary/aromatic N) is 2. The first-order valence-corrected chi connectivity index (χ1v) is 7.84. The molecule has 1 aliphatic heterocycles. The van der Waals surface area contributed by atoms with Crippen molar-refractivity contribution in [3.63, 3.8) is 0 Å². The smallest absolute Gasteiger partial charge is 0.196 e. The summed E-state index contributed by atoms with van der Waals surface area (Å²) in [5.74, 6) is 0.537. The molecule has 0 amide bonds. The number of benzene rings is 2. The summed E-state index contributed by atoms with van der Waals surface area (Å²) in [6.45, 7) is 2.63. The van der Waals surface area contributed by atoms with E-state index in [1.807, 2.05) is 48.2 Å². The molecule has 5 heteroatoms. The van der Waals surface area contributed by atoms with Gasteiger partial charge in [0, 0.05) is 15.2 Å². The van der Waals surface area contributed by atoms with Crippen LogP contribution >= 0.6 is 27.5 Å². The van der Waals surface area contributed by atoms with Gasteiger partial charge in [-0.05, 0) is 42.3 Å². The molecule has 2 N–H and O–H groups in total. The van der Waals surface area contributed by atoms with Gasteiger partial charge in [-0.15, -0.1) is 0 Å². The number of nitrogens with two attached hydrogens (primary N) is 1. The van der Waals surface area contributed by atoms with Gasteiger partial charge < -0.3 is 10.6 Å². The minimum atomic E-state index is 0.0809. The average Bonchev–Trinajstić information content (AvgIpc) is 2.84. The Morgan fingerprint density at radius 3 is 2.81 bits per heavy atom. The third kappa shape index (κ3) is 2.78. The summed E-state index contributed by atoms with van der Waals surface area (Å²) in [6.07, 6.45) is 0. The van der Waals surface area contributed by atoms with Crippen molar-refractivity contribution in [1.29, 1.82) is 0 Å². The molecule has 0 aliphatic carbocycles. The molecule has 0 radical (unpaired) electrons. The monoisotopic (exact) mass is 363 g/mol. The van der Waals surface area contributed by atoms with Gasteiger partial charge in [-0.1, -0.05) is 45.7 Å². The highest BCUT2D eigenvalue weighted by atomic mass is 79.9. The second-order valence-corrected chi connectivity index (χ2v) is 6.40. The fraction of sp³-hybridized carbons (Fsp3) is 0.188. The normalized spacial score (nSPS) is 18.0. The molecule has 0 aromatic heterocycles. The molecular weight excluding hydrogens is 350 g/mol. The first kappa shape index (κ1) is 14.4.